The van der Waals surface area contributed by atoms with E-state index in [1.807, 2.05) is 31.2 Å². The van der Waals surface area contributed by atoms with Gasteiger partial charge in [-0.05, 0) is 63.5 Å². The first kappa shape index (κ1) is 28.1. The number of aryl methyl sites for hydroxylation is 1. The van der Waals surface area contributed by atoms with Gasteiger partial charge in [0, 0.05) is 12.6 Å². The summed E-state index contributed by atoms with van der Waals surface area (Å²) in [6.07, 6.45) is 4.93. The zero-order chi connectivity index (χ0) is 26.5. The van der Waals surface area contributed by atoms with Crippen molar-refractivity contribution in [2.24, 2.45) is 5.92 Å². The van der Waals surface area contributed by atoms with E-state index in [-0.39, 0.29) is 21.4 Å². The van der Waals surface area contributed by atoms with Gasteiger partial charge in [-0.2, -0.15) is 0 Å². The number of ether oxygens (including phenoxy) is 1. The monoisotopic (exact) mass is 537 g/mol. The third-order valence-electron chi connectivity index (χ3n) is 6.83. The molecule has 0 unspecified atom stereocenters. The number of rotatable bonds is 10. The summed E-state index contributed by atoms with van der Waals surface area (Å²) in [7, 11) is -4.18. The fourth-order valence-corrected chi connectivity index (χ4v) is 6.86. The molecule has 1 heterocycles. The predicted octanol–water partition coefficient (Wildman–Crippen LogP) is 4.72. The van der Waals surface area contributed by atoms with Gasteiger partial charge >= 0.3 is 12.0 Å². The number of hydrogen-bond acceptors (Lipinski definition) is 7. The number of carboxylic acid groups (broad SMARTS) is 1. The zero-order valence-electron chi connectivity index (χ0n) is 21.2. The van der Waals surface area contributed by atoms with Crippen LogP contribution in [0.4, 0.5) is 9.93 Å². The number of aliphatic carboxylic acids is 1. The summed E-state index contributed by atoms with van der Waals surface area (Å²) < 4.78 is 29.2. The van der Waals surface area contributed by atoms with Crippen molar-refractivity contribution in [1.82, 2.24) is 9.88 Å². The Labute approximate surface area is 216 Å². The van der Waals surface area contributed by atoms with Gasteiger partial charge < -0.3 is 14.7 Å². The standard InChI is InChI=1S/C25H35N3O6S2/c1-17-9-11-20(12-10-17)28(13-14-34-16-19-8-6-5-7-18(19)2)24(31)27-23-26-15-21(35-23)36(32,33)25(3,4)22(29)30/h5-8,15,17,20H,9-14,16H2,1-4H3,(H,29,30)(H,26,27,31)/t17-,20-. The van der Waals surface area contributed by atoms with Gasteiger partial charge in [0.1, 0.15) is 4.21 Å². The number of thiazole rings is 1. The molecule has 1 aromatic carbocycles. The number of carbonyl (C=O) groups is 2. The highest BCUT2D eigenvalue weighted by atomic mass is 32.2. The molecule has 1 saturated carbocycles. The van der Waals surface area contributed by atoms with Gasteiger partial charge in [0.25, 0.3) is 0 Å². The van der Waals surface area contributed by atoms with Crippen molar-refractivity contribution in [1.29, 1.82) is 0 Å². The van der Waals surface area contributed by atoms with Crippen LogP contribution in [-0.4, -0.2) is 59.3 Å². The second kappa shape index (κ2) is 11.7. The minimum atomic E-state index is -4.18. The quantitative estimate of drug-likeness (QED) is 0.420. The summed E-state index contributed by atoms with van der Waals surface area (Å²) in [6, 6.07) is 7.67. The Morgan fingerprint density at radius 3 is 2.53 bits per heavy atom. The maximum absolute atomic E-state index is 13.3. The number of carboxylic acids is 1. The molecule has 0 aliphatic heterocycles. The molecule has 1 aliphatic carbocycles. The largest absolute Gasteiger partial charge is 0.480 e. The van der Waals surface area contributed by atoms with Gasteiger partial charge in [0.05, 0.1) is 19.4 Å². The summed E-state index contributed by atoms with van der Waals surface area (Å²) >= 11 is 0.752. The molecule has 198 valence electrons. The molecular formula is C25H35N3O6S2. The third kappa shape index (κ3) is 6.43. The van der Waals surface area contributed by atoms with E-state index in [4.69, 9.17) is 4.74 Å². The summed E-state index contributed by atoms with van der Waals surface area (Å²) in [5.41, 5.74) is 2.25. The number of nitrogens with one attached hydrogen (secondary N) is 1. The number of benzene rings is 1. The van der Waals surface area contributed by atoms with Crippen LogP contribution < -0.4 is 5.32 Å². The lowest BCUT2D eigenvalue weighted by Crippen LogP contribution is -2.46. The molecule has 2 N–H and O–H groups in total. The second-order valence-corrected chi connectivity index (χ2v) is 13.6. The second-order valence-electron chi connectivity index (χ2n) is 9.82. The summed E-state index contributed by atoms with van der Waals surface area (Å²) in [5, 5.41) is 12.2. The third-order valence-corrected chi connectivity index (χ3v) is 10.6. The topological polar surface area (TPSA) is 126 Å². The molecular weight excluding hydrogens is 502 g/mol. The van der Waals surface area contributed by atoms with E-state index < -0.39 is 20.6 Å². The van der Waals surface area contributed by atoms with Crippen molar-refractivity contribution in [3.05, 3.63) is 41.6 Å². The van der Waals surface area contributed by atoms with E-state index in [1.54, 1.807) is 4.90 Å². The van der Waals surface area contributed by atoms with Crippen molar-refractivity contribution in [3.8, 4) is 0 Å². The number of nitrogens with zero attached hydrogens (tertiary/aromatic N) is 2. The maximum atomic E-state index is 13.3. The summed E-state index contributed by atoms with van der Waals surface area (Å²) in [6.45, 7) is 7.70. The molecule has 2 amide bonds. The average Bonchev–Trinajstić information content (AvgIpc) is 3.30. The number of aromatic nitrogens is 1. The van der Waals surface area contributed by atoms with E-state index >= 15 is 0 Å². The number of carbonyl (C=O) groups excluding carboxylic acids is 1. The molecule has 9 nitrogen and oxygen atoms in total. The predicted molar refractivity (Wildman–Crippen MR) is 139 cm³/mol. The minimum absolute atomic E-state index is 0.0531. The highest BCUT2D eigenvalue weighted by Gasteiger charge is 2.44. The van der Waals surface area contributed by atoms with Crippen LogP contribution in [0.15, 0.2) is 34.7 Å². The van der Waals surface area contributed by atoms with Gasteiger partial charge in [-0.25, -0.2) is 18.2 Å². The highest BCUT2D eigenvalue weighted by molar-refractivity contribution is 7.95. The van der Waals surface area contributed by atoms with Crippen LogP contribution in [0.5, 0.6) is 0 Å². The maximum Gasteiger partial charge on any atom is 0.324 e. The molecule has 0 radical (unpaired) electrons. The molecule has 0 saturated heterocycles. The van der Waals surface area contributed by atoms with E-state index in [9.17, 15) is 23.1 Å². The number of urea groups is 1. The lowest BCUT2D eigenvalue weighted by molar-refractivity contribution is -0.139. The van der Waals surface area contributed by atoms with Gasteiger partial charge in [-0.15, -0.1) is 0 Å². The van der Waals surface area contributed by atoms with E-state index in [2.05, 4.69) is 17.2 Å². The minimum Gasteiger partial charge on any atom is -0.480 e. The van der Waals surface area contributed by atoms with Crippen LogP contribution in [0.3, 0.4) is 0 Å². The smallest absolute Gasteiger partial charge is 0.324 e. The lowest BCUT2D eigenvalue weighted by Gasteiger charge is -2.36. The van der Waals surface area contributed by atoms with E-state index in [0.29, 0.717) is 25.7 Å². The first-order valence-electron chi connectivity index (χ1n) is 12.1. The van der Waals surface area contributed by atoms with Gasteiger partial charge in [0.2, 0.25) is 9.84 Å². The van der Waals surface area contributed by atoms with Crippen LogP contribution in [-0.2, 0) is 26.0 Å². The highest BCUT2D eigenvalue weighted by Crippen LogP contribution is 2.32. The first-order valence-corrected chi connectivity index (χ1v) is 14.4. The SMILES string of the molecule is Cc1ccccc1COCCN(C(=O)Nc1ncc(S(=O)(=O)C(C)(C)C(=O)O)s1)[C@H]1CC[C@H](C)CC1. The number of hydrogen-bond donors (Lipinski definition) is 2. The van der Waals surface area contributed by atoms with Crippen molar-refractivity contribution in [2.45, 2.75) is 75.0 Å². The molecule has 36 heavy (non-hydrogen) atoms. The molecule has 3 rings (SSSR count). The normalized spacial score (nSPS) is 18.6. The Bertz CT molecular complexity index is 1170. The van der Waals surface area contributed by atoms with Crippen LogP contribution in [0.2, 0.25) is 0 Å². The Balaban J connectivity index is 1.68. The van der Waals surface area contributed by atoms with E-state index in [0.717, 1.165) is 68.2 Å². The van der Waals surface area contributed by atoms with Crippen LogP contribution in [0.25, 0.3) is 0 Å². The Kier molecular flexibility index (Phi) is 9.13. The molecule has 0 atom stereocenters. The molecule has 2 aromatic rings. The van der Waals surface area contributed by atoms with Gasteiger partial charge in [-0.3, -0.25) is 10.1 Å². The average molecular weight is 538 g/mol. The van der Waals surface area contributed by atoms with Crippen LogP contribution in [0, 0.1) is 12.8 Å². The number of amides is 2. The van der Waals surface area contributed by atoms with Crippen molar-refractivity contribution in [3.63, 3.8) is 0 Å². The summed E-state index contributed by atoms with van der Waals surface area (Å²) in [4.78, 5) is 30.5. The molecule has 0 bridgehead atoms. The Morgan fingerprint density at radius 2 is 1.89 bits per heavy atom. The molecule has 1 fully saturated rings. The van der Waals surface area contributed by atoms with Gasteiger partial charge in [-0.1, -0.05) is 42.5 Å². The van der Waals surface area contributed by atoms with Crippen LogP contribution >= 0.6 is 11.3 Å². The van der Waals surface area contributed by atoms with Gasteiger partial charge in [0.15, 0.2) is 9.88 Å². The first-order chi connectivity index (χ1) is 16.9. The van der Waals surface area contributed by atoms with Crippen molar-refractivity contribution >= 4 is 38.3 Å². The molecule has 1 aromatic heterocycles. The zero-order valence-corrected chi connectivity index (χ0v) is 22.8. The number of sulfone groups is 1. The van der Waals surface area contributed by atoms with E-state index in [1.165, 1.54) is 0 Å². The fraction of sp³-hybridized carbons (Fsp3) is 0.560. The molecule has 11 heteroatoms. The Morgan fingerprint density at radius 1 is 1.22 bits per heavy atom. The summed E-state index contributed by atoms with van der Waals surface area (Å²) in [5.74, 6) is -0.835. The van der Waals surface area contributed by atoms with Crippen molar-refractivity contribution < 1.29 is 27.9 Å². The number of anilines is 1. The Hall–Kier alpha value is -2.50. The fourth-order valence-electron chi connectivity index (χ4n) is 4.09. The molecule has 1 aliphatic rings. The van der Waals surface area contributed by atoms with Crippen molar-refractivity contribution in [2.75, 3.05) is 18.5 Å². The van der Waals surface area contributed by atoms with Crippen LogP contribution in [0.1, 0.15) is 57.6 Å². The lowest BCUT2D eigenvalue weighted by atomic mass is 9.86. The molecule has 0 spiro atoms.